The van der Waals surface area contributed by atoms with Crippen LogP contribution in [0.15, 0.2) is 0 Å². The van der Waals surface area contributed by atoms with E-state index in [9.17, 15) is 4.79 Å². The minimum absolute atomic E-state index is 0.310. The number of aliphatic carboxylic acids is 1. The van der Waals surface area contributed by atoms with Crippen LogP contribution in [0.25, 0.3) is 0 Å². The van der Waals surface area contributed by atoms with Crippen LogP contribution in [0.3, 0.4) is 0 Å². The molecule has 11 heavy (non-hydrogen) atoms. The molecule has 1 atom stereocenters. The first-order valence-electron chi connectivity index (χ1n) is 4.34. The van der Waals surface area contributed by atoms with Gasteiger partial charge in [-0.05, 0) is 25.2 Å². The van der Waals surface area contributed by atoms with Gasteiger partial charge in [0.25, 0.3) is 0 Å². The second kappa shape index (κ2) is 2.84. The molecule has 1 unspecified atom stereocenters. The quantitative estimate of drug-likeness (QED) is 0.678. The molecule has 0 spiro atoms. The Hall–Kier alpha value is -0.530. The van der Waals surface area contributed by atoms with Crippen molar-refractivity contribution in [3.63, 3.8) is 0 Å². The maximum Gasteiger partial charge on any atom is 0.309 e. The molecule has 0 bridgehead atoms. The fraction of sp³-hybridized carbons (Fsp3) is 0.889. The lowest BCUT2D eigenvalue weighted by molar-refractivity contribution is -0.144. The molecular formula is C9H16O2. The molecule has 0 saturated heterocycles. The number of hydrogen-bond acceptors (Lipinski definition) is 1. The number of carboxylic acids is 1. The topological polar surface area (TPSA) is 37.3 Å². The van der Waals surface area contributed by atoms with E-state index >= 15 is 0 Å². The van der Waals surface area contributed by atoms with Gasteiger partial charge in [-0.3, -0.25) is 4.79 Å². The molecule has 1 saturated carbocycles. The Labute approximate surface area is 67.6 Å². The van der Waals surface area contributed by atoms with Crippen LogP contribution >= 0.6 is 0 Å². The fourth-order valence-electron chi connectivity index (χ4n) is 1.47. The third kappa shape index (κ3) is 1.73. The summed E-state index contributed by atoms with van der Waals surface area (Å²) in [6, 6.07) is 0. The molecule has 64 valence electrons. The molecule has 1 rings (SSSR count). The molecule has 1 aliphatic carbocycles. The summed E-state index contributed by atoms with van der Waals surface area (Å²) < 4.78 is 0. The summed E-state index contributed by atoms with van der Waals surface area (Å²) in [5.74, 6) is -0.0219. The first-order chi connectivity index (χ1) is 5.10. The first kappa shape index (κ1) is 8.57. The maximum atomic E-state index is 10.7. The van der Waals surface area contributed by atoms with Crippen LogP contribution in [0.2, 0.25) is 0 Å². The normalized spacial score (nSPS) is 22.7. The first-order valence-corrected chi connectivity index (χ1v) is 4.34. The van der Waals surface area contributed by atoms with Crippen LogP contribution in [-0.2, 0) is 4.79 Å². The third-order valence-corrected chi connectivity index (χ3v) is 2.74. The zero-order chi connectivity index (χ0) is 8.48. The summed E-state index contributed by atoms with van der Waals surface area (Å²) in [5.41, 5.74) is -0.310. The van der Waals surface area contributed by atoms with Gasteiger partial charge in [0.1, 0.15) is 0 Å². The Morgan fingerprint density at radius 1 is 1.64 bits per heavy atom. The van der Waals surface area contributed by atoms with Crippen molar-refractivity contribution in [2.45, 2.75) is 39.5 Å². The number of hydrogen-bond donors (Lipinski definition) is 1. The highest BCUT2D eigenvalue weighted by Crippen LogP contribution is 2.51. The van der Waals surface area contributed by atoms with Gasteiger partial charge in [0, 0.05) is 0 Å². The Morgan fingerprint density at radius 3 is 2.45 bits per heavy atom. The Balaban J connectivity index is 2.41. The predicted molar refractivity (Wildman–Crippen MR) is 43.4 cm³/mol. The molecule has 2 nitrogen and oxygen atoms in total. The predicted octanol–water partition coefficient (Wildman–Crippen LogP) is 2.29. The zero-order valence-electron chi connectivity index (χ0n) is 7.26. The smallest absolute Gasteiger partial charge is 0.309 e. The molecule has 1 N–H and O–H groups in total. The van der Waals surface area contributed by atoms with Crippen molar-refractivity contribution < 1.29 is 9.90 Å². The number of carbonyl (C=O) groups is 1. The summed E-state index contributed by atoms with van der Waals surface area (Å²) in [6.07, 6.45) is 3.76. The average molecular weight is 156 g/mol. The van der Waals surface area contributed by atoms with Gasteiger partial charge in [-0.15, -0.1) is 0 Å². The molecule has 0 radical (unpaired) electrons. The second-order valence-corrected chi connectivity index (χ2v) is 3.80. The van der Waals surface area contributed by atoms with Gasteiger partial charge in [-0.25, -0.2) is 0 Å². The molecule has 0 amide bonds. The summed E-state index contributed by atoms with van der Waals surface area (Å²) in [5, 5.41) is 8.85. The Kier molecular flexibility index (Phi) is 2.21. The van der Waals surface area contributed by atoms with Gasteiger partial charge in [-0.1, -0.05) is 20.3 Å². The van der Waals surface area contributed by atoms with Crippen molar-refractivity contribution in [3.05, 3.63) is 0 Å². The lowest BCUT2D eigenvalue weighted by Gasteiger charge is -2.13. The lowest BCUT2D eigenvalue weighted by atomic mass is 9.92. The summed E-state index contributed by atoms with van der Waals surface area (Å²) >= 11 is 0. The van der Waals surface area contributed by atoms with Gasteiger partial charge in [0.2, 0.25) is 0 Å². The van der Waals surface area contributed by atoms with E-state index in [1.807, 2.05) is 0 Å². The van der Waals surface area contributed by atoms with E-state index in [2.05, 4.69) is 13.8 Å². The maximum absolute atomic E-state index is 10.7. The van der Waals surface area contributed by atoms with Crippen LogP contribution in [0, 0.1) is 11.3 Å². The van der Waals surface area contributed by atoms with Gasteiger partial charge in [0.15, 0.2) is 0 Å². The average Bonchev–Trinajstić information content (AvgIpc) is 2.69. The van der Waals surface area contributed by atoms with Gasteiger partial charge >= 0.3 is 5.97 Å². The zero-order valence-corrected chi connectivity index (χ0v) is 7.26. The van der Waals surface area contributed by atoms with E-state index < -0.39 is 5.97 Å². The molecule has 0 heterocycles. The van der Waals surface area contributed by atoms with E-state index in [0.29, 0.717) is 5.92 Å². The lowest BCUT2D eigenvalue weighted by Crippen LogP contribution is -2.17. The van der Waals surface area contributed by atoms with Crippen molar-refractivity contribution in [1.82, 2.24) is 0 Å². The minimum Gasteiger partial charge on any atom is -0.481 e. The summed E-state index contributed by atoms with van der Waals surface area (Å²) in [7, 11) is 0. The van der Waals surface area contributed by atoms with Crippen LogP contribution in [0.4, 0.5) is 0 Å². The van der Waals surface area contributed by atoms with Gasteiger partial charge < -0.3 is 5.11 Å². The molecule has 0 aliphatic heterocycles. The van der Waals surface area contributed by atoms with Crippen molar-refractivity contribution in [2.24, 2.45) is 11.3 Å². The van der Waals surface area contributed by atoms with E-state index in [0.717, 1.165) is 25.7 Å². The van der Waals surface area contributed by atoms with Crippen molar-refractivity contribution in [1.29, 1.82) is 0 Å². The van der Waals surface area contributed by atoms with Crippen LogP contribution < -0.4 is 0 Å². The summed E-state index contributed by atoms with van der Waals surface area (Å²) in [4.78, 5) is 10.7. The van der Waals surface area contributed by atoms with Crippen molar-refractivity contribution in [2.75, 3.05) is 0 Å². The van der Waals surface area contributed by atoms with Crippen LogP contribution in [-0.4, -0.2) is 11.1 Å². The molecule has 0 aromatic carbocycles. The van der Waals surface area contributed by atoms with Crippen molar-refractivity contribution >= 4 is 5.97 Å². The highest BCUT2D eigenvalue weighted by Gasteiger charge is 2.50. The molecule has 1 aliphatic rings. The third-order valence-electron chi connectivity index (χ3n) is 2.74. The van der Waals surface area contributed by atoms with E-state index in [1.54, 1.807) is 0 Å². The molecule has 0 aromatic rings. The fourth-order valence-corrected chi connectivity index (χ4v) is 1.47. The number of carboxylic acid groups (broad SMARTS) is 1. The Morgan fingerprint density at radius 2 is 2.18 bits per heavy atom. The van der Waals surface area contributed by atoms with E-state index in [4.69, 9.17) is 5.11 Å². The standard InChI is InChI=1S/C9H16O2/c1-3-7(2)6-9(4-5-9)8(10)11/h7H,3-6H2,1-2H3,(H,10,11). The van der Waals surface area contributed by atoms with Crippen molar-refractivity contribution in [3.8, 4) is 0 Å². The van der Waals surface area contributed by atoms with Gasteiger partial charge in [0.05, 0.1) is 5.41 Å². The van der Waals surface area contributed by atoms with E-state index in [-0.39, 0.29) is 5.41 Å². The van der Waals surface area contributed by atoms with Crippen LogP contribution in [0.5, 0.6) is 0 Å². The monoisotopic (exact) mass is 156 g/mol. The summed E-state index contributed by atoms with van der Waals surface area (Å²) in [6.45, 7) is 4.24. The largest absolute Gasteiger partial charge is 0.481 e. The molecule has 1 fully saturated rings. The minimum atomic E-state index is -0.585. The highest BCUT2D eigenvalue weighted by molar-refractivity contribution is 5.77. The number of rotatable bonds is 4. The van der Waals surface area contributed by atoms with E-state index in [1.165, 1.54) is 0 Å². The SMILES string of the molecule is CCC(C)CC1(C(=O)O)CC1. The highest BCUT2D eigenvalue weighted by atomic mass is 16.4. The molecule has 0 aromatic heterocycles. The Bertz CT molecular complexity index is 159. The second-order valence-electron chi connectivity index (χ2n) is 3.80. The van der Waals surface area contributed by atoms with Gasteiger partial charge in [-0.2, -0.15) is 0 Å². The molecular weight excluding hydrogens is 140 g/mol. The van der Waals surface area contributed by atoms with Crippen LogP contribution in [0.1, 0.15) is 39.5 Å². The molecule has 2 heteroatoms.